The van der Waals surface area contributed by atoms with Gasteiger partial charge in [-0.05, 0) is 42.0 Å². The third kappa shape index (κ3) is 6.60. The van der Waals surface area contributed by atoms with Crippen LogP contribution in [0, 0.1) is 10.1 Å². The second-order valence-electron chi connectivity index (χ2n) is 7.04. The zero-order chi connectivity index (χ0) is 22.1. The van der Waals surface area contributed by atoms with E-state index in [-0.39, 0.29) is 17.1 Å². The SMILES string of the molecule is O=[N+]([O-])c1cccc(S(=O)(=O)NCCC/C(=C/Cc2ccccc2)c2ccccc2)c1. The van der Waals surface area contributed by atoms with Gasteiger partial charge in [0.2, 0.25) is 10.0 Å². The Hall–Kier alpha value is -3.29. The first-order valence-electron chi connectivity index (χ1n) is 9.98. The van der Waals surface area contributed by atoms with Gasteiger partial charge in [0.25, 0.3) is 5.69 Å². The Morgan fingerprint density at radius 1 is 0.935 bits per heavy atom. The number of hydrogen-bond donors (Lipinski definition) is 1. The normalized spacial score (nSPS) is 11.9. The van der Waals surface area contributed by atoms with Gasteiger partial charge < -0.3 is 0 Å². The number of allylic oxidation sites excluding steroid dienone is 2. The van der Waals surface area contributed by atoms with Crippen molar-refractivity contribution in [2.75, 3.05) is 6.54 Å². The maximum Gasteiger partial charge on any atom is 0.270 e. The predicted molar refractivity (Wildman–Crippen MR) is 122 cm³/mol. The van der Waals surface area contributed by atoms with E-state index < -0.39 is 14.9 Å². The van der Waals surface area contributed by atoms with Gasteiger partial charge in [0.15, 0.2) is 0 Å². The van der Waals surface area contributed by atoms with E-state index in [1.807, 2.05) is 48.5 Å². The van der Waals surface area contributed by atoms with Crippen LogP contribution >= 0.6 is 0 Å². The topological polar surface area (TPSA) is 89.3 Å². The number of non-ortho nitro benzene ring substituents is 1. The summed E-state index contributed by atoms with van der Waals surface area (Å²) in [4.78, 5) is 10.2. The highest BCUT2D eigenvalue weighted by Crippen LogP contribution is 2.21. The molecule has 0 aliphatic rings. The Morgan fingerprint density at radius 2 is 1.61 bits per heavy atom. The first kappa shape index (κ1) is 22.4. The Morgan fingerprint density at radius 3 is 2.29 bits per heavy atom. The first-order valence-corrected chi connectivity index (χ1v) is 11.5. The molecule has 0 saturated heterocycles. The van der Waals surface area contributed by atoms with Crippen molar-refractivity contribution in [3.05, 3.63) is 112 Å². The summed E-state index contributed by atoms with van der Waals surface area (Å²) in [5.74, 6) is 0. The molecule has 6 nitrogen and oxygen atoms in total. The Kier molecular flexibility index (Phi) is 7.70. The number of hydrogen-bond acceptors (Lipinski definition) is 4. The van der Waals surface area contributed by atoms with Crippen molar-refractivity contribution in [1.29, 1.82) is 0 Å². The summed E-state index contributed by atoms with van der Waals surface area (Å²) in [6, 6.07) is 25.2. The van der Waals surface area contributed by atoms with Crippen molar-refractivity contribution in [2.45, 2.75) is 24.2 Å². The van der Waals surface area contributed by atoms with Crippen molar-refractivity contribution < 1.29 is 13.3 Å². The maximum atomic E-state index is 12.5. The summed E-state index contributed by atoms with van der Waals surface area (Å²) in [6.07, 6.45) is 4.28. The molecular formula is C24H24N2O4S. The van der Waals surface area contributed by atoms with Gasteiger partial charge in [0, 0.05) is 18.7 Å². The van der Waals surface area contributed by atoms with E-state index in [0.29, 0.717) is 12.8 Å². The molecule has 0 spiro atoms. The molecule has 0 radical (unpaired) electrons. The minimum Gasteiger partial charge on any atom is -0.258 e. The van der Waals surface area contributed by atoms with Crippen molar-refractivity contribution in [3.63, 3.8) is 0 Å². The van der Waals surface area contributed by atoms with Gasteiger partial charge >= 0.3 is 0 Å². The minimum absolute atomic E-state index is 0.107. The lowest BCUT2D eigenvalue weighted by molar-refractivity contribution is -0.385. The lowest BCUT2D eigenvalue weighted by Crippen LogP contribution is -2.24. The highest BCUT2D eigenvalue weighted by Gasteiger charge is 2.17. The van der Waals surface area contributed by atoms with Crippen LogP contribution in [0.2, 0.25) is 0 Å². The van der Waals surface area contributed by atoms with Crippen LogP contribution in [0.5, 0.6) is 0 Å². The molecule has 0 aromatic heterocycles. The van der Waals surface area contributed by atoms with Gasteiger partial charge in [-0.25, -0.2) is 13.1 Å². The molecule has 0 atom stereocenters. The van der Waals surface area contributed by atoms with E-state index in [0.717, 1.165) is 23.6 Å². The van der Waals surface area contributed by atoms with Gasteiger partial charge in [-0.15, -0.1) is 0 Å². The Balaban J connectivity index is 1.64. The third-order valence-electron chi connectivity index (χ3n) is 4.83. The molecular weight excluding hydrogens is 412 g/mol. The summed E-state index contributed by atoms with van der Waals surface area (Å²) < 4.78 is 27.5. The van der Waals surface area contributed by atoms with Crippen LogP contribution in [-0.4, -0.2) is 19.9 Å². The number of nitrogens with one attached hydrogen (secondary N) is 1. The number of rotatable bonds is 10. The summed E-state index contributed by atoms with van der Waals surface area (Å²) in [6.45, 7) is 0.237. The van der Waals surface area contributed by atoms with Crippen LogP contribution in [-0.2, 0) is 16.4 Å². The van der Waals surface area contributed by atoms with Crippen LogP contribution in [0.4, 0.5) is 5.69 Å². The van der Waals surface area contributed by atoms with Crippen LogP contribution in [0.3, 0.4) is 0 Å². The largest absolute Gasteiger partial charge is 0.270 e. The summed E-state index contributed by atoms with van der Waals surface area (Å²) in [5, 5.41) is 10.9. The molecule has 3 aromatic carbocycles. The fourth-order valence-corrected chi connectivity index (χ4v) is 4.32. The number of nitro groups is 1. The smallest absolute Gasteiger partial charge is 0.258 e. The summed E-state index contributed by atoms with van der Waals surface area (Å²) in [7, 11) is -3.81. The second-order valence-corrected chi connectivity index (χ2v) is 8.81. The van der Waals surface area contributed by atoms with Gasteiger partial charge in [0.05, 0.1) is 9.82 Å². The molecule has 0 amide bonds. The van der Waals surface area contributed by atoms with E-state index in [4.69, 9.17) is 0 Å². The average molecular weight is 437 g/mol. The zero-order valence-electron chi connectivity index (χ0n) is 17.0. The second kappa shape index (κ2) is 10.7. The van der Waals surface area contributed by atoms with E-state index in [1.54, 1.807) is 0 Å². The van der Waals surface area contributed by atoms with E-state index in [2.05, 4.69) is 22.9 Å². The fourth-order valence-electron chi connectivity index (χ4n) is 3.20. The van der Waals surface area contributed by atoms with Crippen LogP contribution in [0.1, 0.15) is 24.0 Å². The molecule has 1 N–H and O–H groups in total. The van der Waals surface area contributed by atoms with Gasteiger partial charge in [-0.2, -0.15) is 0 Å². The Labute approximate surface area is 182 Å². The summed E-state index contributed by atoms with van der Waals surface area (Å²) >= 11 is 0. The minimum atomic E-state index is -3.81. The molecule has 0 unspecified atom stereocenters. The number of benzene rings is 3. The standard InChI is InChI=1S/C24H24N2O4S/c27-26(28)23-14-7-15-24(19-23)31(29,30)25-18-8-13-22(21-11-5-2-6-12-21)17-16-20-9-3-1-4-10-20/h1-7,9-12,14-15,17,19,25H,8,13,16,18H2/b22-17-. The number of nitrogens with zero attached hydrogens (tertiary/aromatic N) is 1. The summed E-state index contributed by atoms with van der Waals surface area (Å²) in [5.41, 5.74) is 3.22. The van der Waals surface area contributed by atoms with Crippen LogP contribution < -0.4 is 4.72 Å². The molecule has 3 rings (SSSR count). The lowest BCUT2D eigenvalue weighted by atomic mass is 9.98. The Bertz CT molecular complexity index is 1140. The first-order chi connectivity index (χ1) is 15.0. The maximum absolute atomic E-state index is 12.5. The molecule has 0 aliphatic carbocycles. The molecule has 160 valence electrons. The molecule has 0 saturated carbocycles. The van der Waals surface area contributed by atoms with Gasteiger partial charge in [0.1, 0.15) is 0 Å². The monoisotopic (exact) mass is 436 g/mol. The van der Waals surface area contributed by atoms with Gasteiger partial charge in [-0.1, -0.05) is 72.8 Å². The molecule has 0 heterocycles. The number of nitro benzene ring substituents is 1. The average Bonchev–Trinajstić information content (AvgIpc) is 2.80. The lowest BCUT2D eigenvalue weighted by Gasteiger charge is -2.10. The molecule has 7 heteroatoms. The molecule has 0 fully saturated rings. The van der Waals surface area contributed by atoms with E-state index in [9.17, 15) is 18.5 Å². The van der Waals surface area contributed by atoms with E-state index >= 15 is 0 Å². The zero-order valence-corrected chi connectivity index (χ0v) is 17.8. The quantitative estimate of drug-likeness (QED) is 0.276. The van der Waals surface area contributed by atoms with Crippen molar-refractivity contribution >= 4 is 21.3 Å². The number of sulfonamides is 1. The predicted octanol–water partition coefficient (Wildman–Crippen LogP) is 4.98. The van der Waals surface area contributed by atoms with Crippen LogP contribution in [0.15, 0.2) is 95.9 Å². The van der Waals surface area contributed by atoms with Crippen molar-refractivity contribution in [2.24, 2.45) is 0 Å². The fraction of sp³-hybridized carbons (Fsp3) is 0.167. The van der Waals surface area contributed by atoms with Gasteiger partial charge in [-0.3, -0.25) is 10.1 Å². The van der Waals surface area contributed by atoms with Crippen molar-refractivity contribution in [3.8, 4) is 0 Å². The van der Waals surface area contributed by atoms with Crippen molar-refractivity contribution in [1.82, 2.24) is 4.72 Å². The highest BCUT2D eigenvalue weighted by molar-refractivity contribution is 7.89. The van der Waals surface area contributed by atoms with E-state index in [1.165, 1.54) is 23.8 Å². The van der Waals surface area contributed by atoms with Crippen LogP contribution in [0.25, 0.3) is 5.57 Å². The highest BCUT2D eigenvalue weighted by atomic mass is 32.2. The molecule has 0 bridgehead atoms. The third-order valence-corrected chi connectivity index (χ3v) is 6.28. The molecule has 31 heavy (non-hydrogen) atoms. The molecule has 3 aromatic rings. The molecule has 0 aliphatic heterocycles.